The Hall–Kier alpha value is -2.91. The Morgan fingerprint density at radius 1 is 1.04 bits per heavy atom. The van der Waals surface area contributed by atoms with Gasteiger partial charge >= 0.3 is 0 Å². The van der Waals surface area contributed by atoms with Crippen molar-refractivity contribution in [1.82, 2.24) is 15.4 Å². The average molecular weight is 405 g/mol. The SMILES string of the molecule is CNS(=O)(=O)c1ccc(C)c(C(=O)NCC(=O)NCc2ccc(OC)cc2)c1. The molecule has 150 valence electrons. The third-order valence-corrected chi connectivity index (χ3v) is 5.50. The molecule has 0 heterocycles. The van der Waals surface area contributed by atoms with Crippen LogP contribution < -0.4 is 20.1 Å². The molecule has 0 unspecified atom stereocenters. The Bertz CT molecular complexity index is 956. The summed E-state index contributed by atoms with van der Waals surface area (Å²) in [6.07, 6.45) is 0. The third kappa shape index (κ3) is 5.54. The van der Waals surface area contributed by atoms with Gasteiger partial charge in [-0.2, -0.15) is 0 Å². The zero-order valence-corrected chi connectivity index (χ0v) is 16.7. The molecule has 2 aromatic carbocycles. The number of carbonyl (C=O) groups excluding carboxylic acids is 2. The molecule has 2 aromatic rings. The highest BCUT2D eigenvalue weighted by Gasteiger charge is 2.17. The van der Waals surface area contributed by atoms with Crippen LogP contribution in [0.25, 0.3) is 0 Å². The van der Waals surface area contributed by atoms with Crippen LogP contribution in [0.2, 0.25) is 0 Å². The topological polar surface area (TPSA) is 114 Å². The summed E-state index contributed by atoms with van der Waals surface area (Å²) in [4.78, 5) is 24.3. The highest BCUT2D eigenvalue weighted by Crippen LogP contribution is 2.15. The van der Waals surface area contributed by atoms with Crippen molar-refractivity contribution in [3.8, 4) is 5.75 Å². The van der Waals surface area contributed by atoms with Crippen molar-refractivity contribution in [1.29, 1.82) is 0 Å². The Kier molecular flexibility index (Phi) is 7.13. The first-order valence-electron chi connectivity index (χ1n) is 8.49. The van der Waals surface area contributed by atoms with Gasteiger partial charge in [-0.3, -0.25) is 9.59 Å². The molecule has 0 aliphatic heterocycles. The molecule has 2 rings (SSSR count). The molecule has 0 aromatic heterocycles. The predicted octanol–water partition coefficient (Wildman–Crippen LogP) is 0.958. The second kappa shape index (κ2) is 9.34. The van der Waals surface area contributed by atoms with Gasteiger partial charge in [0.15, 0.2) is 0 Å². The summed E-state index contributed by atoms with van der Waals surface area (Å²) < 4.78 is 31.1. The van der Waals surface area contributed by atoms with Crippen LogP contribution in [0.4, 0.5) is 0 Å². The first kappa shape index (κ1) is 21.4. The second-order valence-electron chi connectivity index (χ2n) is 5.99. The number of methoxy groups -OCH3 is 1. The maximum absolute atomic E-state index is 12.4. The van der Waals surface area contributed by atoms with Gasteiger partial charge in [0.2, 0.25) is 15.9 Å². The lowest BCUT2D eigenvalue weighted by Crippen LogP contribution is -2.37. The number of aryl methyl sites for hydroxylation is 1. The van der Waals surface area contributed by atoms with Crippen LogP contribution in [0, 0.1) is 6.92 Å². The first-order chi connectivity index (χ1) is 13.3. The molecule has 9 heteroatoms. The molecular formula is C19H23N3O5S. The highest BCUT2D eigenvalue weighted by atomic mass is 32.2. The minimum atomic E-state index is -3.66. The minimum Gasteiger partial charge on any atom is -0.497 e. The quantitative estimate of drug-likeness (QED) is 0.605. The summed E-state index contributed by atoms with van der Waals surface area (Å²) in [7, 11) is -0.797. The van der Waals surface area contributed by atoms with E-state index < -0.39 is 15.9 Å². The van der Waals surface area contributed by atoms with E-state index in [9.17, 15) is 18.0 Å². The number of rotatable bonds is 8. The maximum Gasteiger partial charge on any atom is 0.252 e. The Morgan fingerprint density at radius 2 is 1.71 bits per heavy atom. The van der Waals surface area contributed by atoms with E-state index in [1.165, 1.54) is 19.2 Å². The molecule has 0 bridgehead atoms. The van der Waals surface area contributed by atoms with E-state index in [0.29, 0.717) is 12.1 Å². The van der Waals surface area contributed by atoms with E-state index in [4.69, 9.17) is 4.74 Å². The summed E-state index contributed by atoms with van der Waals surface area (Å²) in [6.45, 7) is 1.78. The molecule has 0 saturated carbocycles. The number of carbonyl (C=O) groups is 2. The van der Waals surface area contributed by atoms with Crippen LogP contribution in [-0.2, 0) is 21.4 Å². The van der Waals surface area contributed by atoms with Crippen molar-refractivity contribution < 1.29 is 22.7 Å². The standard InChI is InChI=1S/C19H23N3O5S/c1-13-4-9-16(28(25,26)20-2)10-17(13)19(24)22-12-18(23)21-11-14-5-7-15(27-3)8-6-14/h4-10,20H,11-12H2,1-3H3,(H,21,23)(H,22,24). The van der Waals surface area contributed by atoms with Crippen LogP contribution in [0.3, 0.4) is 0 Å². The Balaban J connectivity index is 1.94. The van der Waals surface area contributed by atoms with Gasteiger partial charge in [-0.05, 0) is 49.4 Å². The number of nitrogens with one attached hydrogen (secondary N) is 3. The molecule has 2 amide bonds. The lowest BCUT2D eigenvalue weighted by Gasteiger charge is -2.10. The summed E-state index contributed by atoms with van der Waals surface area (Å²) in [5, 5.41) is 5.21. The summed E-state index contributed by atoms with van der Waals surface area (Å²) in [5.74, 6) is -0.161. The third-order valence-electron chi connectivity index (χ3n) is 4.09. The van der Waals surface area contributed by atoms with Crippen molar-refractivity contribution in [2.75, 3.05) is 20.7 Å². The molecule has 0 fully saturated rings. The van der Waals surface area contributed by atoms with Gasteiger partial charge in [-0.1, -0.05) is 18.2 Å². The maximum atomic E-state index is 12.4. The monoisotopic (exact) mass is 405 g/mol. The fourth-order valence-electron chi connectivity index (χ4n) is 2.39. The van der Waals surface area contributed by atoms with E-state index in [2.05, 4.69) is 15.4 Å². The van der Waals surface area contributed by atoms with Crippen molar-refractivity contribution in [2.45, 2.75) is 18.4 Å². The molecule has 0 saturated heterocycles. The minimum absolute atomic E-state index is 0.0188. The number of hydrogen-bond donors (Lipinski definition) is 3. The number of sulfonamides is 1. The van der Waals surface area contributed by atoms with E-state index in [1.54, 1.807) is 32.2 Å². The van der Waals surface area contributed by atoms with E-state index in [1.807, 2.05) is 12.1 Å². The zero-order chi connectivity index (χ0) is 20.7. The van der Waals surface area contributed by atoms with E-state index in [0.717, 1.165) is 11.3 Å². The van der Waals surface area contributed by atoms with Crippen molar-refractivity contribution >= 4 is 21.8 Å². The summed E-state index contributed by atoms with van der Waals surface area (Å²) in [5.41, 5.74) is 1.69. The molecule has 0 aliphatic rings. The smallest absolute Gasteiger partial charge is 0.252 e. The number of ether oxygens (including phenoxy) is 1. The fourth-order valence-corrected chi connectivity index (χ4v) is 3.15. The van der Waals surface area contributed by atoms with Gasteiger partial charge in [0.05, 0.1) is 18.6 Å². The molecule has 28 heavy (non-hydrogen) atoms. The largest absolute Gasteiger partial charge is 0.497 e. The predicted molar refractivity (Wildman–Crippen MR) is 105 cm³/mol. The molecule has 0 atom stereocenters. The van der Waals surface area contributed by atoms with Crippen LogP contribution in [-0.4, -0.2) is 40.9 Å². The Labute approximate surface area is 164 Å². The number of hydrogen-bond acceptors (Lipinski definition) is 5. The molecule has 0 spiro atoms. The van der Waals surface area contributed by atoms with Crippen LogP contribution in [0.15, 0.2) is 47.4 Å². The zero-order valence-electron chi connectivity index (χ0n) is 15.9. The number of benzene rings is 2. The Morgan fingerprint density at radius 3 is 2.32 bits per heavy atom. The summed E-state index contributed by atoms with van der Waals surface area (Å²) in [6, 6.07) is 11.5. The first-order valence-corrected chi connectivity index (χ1v) is 9.97. The lowest BCUT2D eigenvalue weighted by atomic mass is 10.1. The van der Waals surface area contributed by atoms with Gasteiger partial charge in [-0.15, -0.1) is 0 Å². The lowest BCUT2D eigenvalue weighted by molar-refractivity contribution is -0.120. The van der Waals surface area contributed by atoms with Crippen molar-refractivity contribution in [2.24, 2.45) is 0 Å². The van der Waals surface area contributed by atoms with Gasteiger partial charge in [0, 0.05) is 12.1 Å². The molecule has 0 radical (unpaired) electrons. The normalized spacial score (nSPS) is 11.0. The molecule has 8 nitrogen and oxygen atoms in total. The van der Waals surface area contributed by atoms with Crippen LogP contribution in [0.1, 0.15) is 21.5 Å². The van der Waals surface area contributed by atoms with E-state index >= 15 is 0 Å². The molecular weight excluding hydrogens is 382 g/mol. The van der Waals surface area contributed by atoms with Crippen molar-refractivity contribution in [3.05, 3.63) is 59.2 Å². The molecule has 0 aliphatic carbocycles. The van der Waals surface area contributed by atoms with Crippen molar-refractivity contribution in [3.63, 3.8) is 0 Å². The van der Waals surface area contributed by atoms with Crippen LogP contribution >= 0.6 is 0 Å². The van der Waals surface area contributed by atoms with Gasteiger partial charge in [-0.25, -0.2) is 13.1 Å². The van der Waals surface area contributed by atoms with E-state index in [-0.39, 0.29) is 22.9 Å². The van der Waals surface area contributed by atoms with Gasteiger partial charge in [0.25, 0.3) is 5.91 Å². The number of amides is 2. The van der Waals surface area contributed by atoms with Crippen LogP contribution in [0.5, 0.6) is 5.75 Å². The van der Waals surface area contributed by atoms with Gasteiger partial charge < -0.3 is 15.4 Å². The average Bonchev–Trinajstić information content (AvgIpc) is 2.71. The summed E-state index contributed by atoms with van der Waals surface area (Å²) >= 11 is 0. The fraction of sp³-hybridized carbons (Fsp3) is 0.263. The molecule has 3 N–H and O–H groups in total. The second-order valence-corrected chi connectivity index (χ2v) is 7.88. The highest BCUT2D eigenvalue weighted by molar-refractivity contribution is 7.89. The van der Waals surface area contributed by atoms with Gasteiger partial charge in [0.1, 0.15) is 5.75 Å².